The van der Waals surface area contributed by atoms with Crippen LogP contribution in [0.5, 0.6) is 0 Å². The second-order valence-electron chi connectivity index (χ2n) is 3.66. The van der Waals surface area contributed by atoms with E-state index in [1.807, 2.05) is 24.3 Å². The Labute approximate surface area is 122 Å². The van der Waals surface area contributed by atoms with E-state index < -0.39 is 18.5 Å². The first kappa shape index (κ1) is 15.8. The van der Waals surface area contributed by atoms with Gasteiger partial charge in [-0.3, -0.25) is 4.79 Å². The molecule has 0 saturated heterocycles. The van der Waals surface area contributed by atoms with E-state index in [9.17, 15) is 18.0 Å². The molecule has 1 aromatic rings. The second kappa shape index (κ2) is 7.35. The lowest BCUT2D eigenvalue weighted by molar-refractivity contribution is -0.153. The topological polar surface area (TPSA) is 29.1 Å². The van der Waals surface area contributed by atoms with Gasteiger partial charge in [0.25, 0.3) is 0 Å². The Hall–Kier alpha value is -1.27. The summed E-state index contributed by atoms with van der Waals surface area (Å²) in [5, 5.41) is 2.14. The van der Waals surface area contributed by atoms with Crippen LogP contribution in [0.3, 0.4) is 0 Å². The van der Waals surface area contributed by atoms with Crippen molar-refractivity contribution in [2.24, 2.45) is 0 Å². The number of rotatable bonds is 4. The van der Waals surface area contributed by atoms with Gasteiger partial charge in [-0.25, -0.2) is 0 Å². The number of hydrogen-bond donors (Lipinski definition) is 1. The van der Waals surface area contributed by atoms with Crippen molar-refractivity contribution >= 4 is 34.6 Å². The molecule has 0 aliphatic heterocycles. The fourth-order valence-corrected chi connectivity index (χ4v) is 1.54. The number of carbonyl (C=O) groups is 1. The summed E-state index contributed by atoms with van der Waals surface area (Å²) >= 11 is 2.18. The molecule has 0 aliphatic rings. The van der Waals surface area contributed by atoms with Crippen LogP contribution in [0.2, 0.25) is 0 Å². The Morgan fingerprint density at radius 3 is 2.53 bits per heavy atom. The molecule has 0 unspecified atom stereocenters. The van der Waals surface area contributed by atoms with Crippen LogP contribution in [0.15, 0.2) is 36.1 Å². The molecule has 1 amide bonds. The zero-order valence-electron chi connectivity index (χ0n) is 9.80. The summed E-state index contributed by atoms with van der Waals surface area (Å²) in [5.41, 5.74) is 3.72. The molecule has 1 rings (SSSR count). The molecule has 0 spiro atoms. The minimum absolute atomic E-state index is 0.0236. The van der Waals surface area contributed by atoms with E-state index >= 15 is 0 Å². The fraction of sp³-hybridized carbons (Fsp3) is 0.231. The van der Waals surface area contributed by atoms with Crippen LogP contribution in [0, 0.1) is 3.57 Å². The van der Waals surface area contributed by atoms with E-state index in [-0.39, 0.29) is 6.54 Å². The molecule has 0 bridgehead atoms. The molecule has 1 N–H and O–H groups in total. The van der Waals surface area contributed by atoms with Crippen molar-refractivity contribution in [2.45, 2.75) is 12.6 Å². The maximum absolute atomic E-state index is 11.8. The molecule has 6 heteroatoms. The molecule has 0 saturated carbocycles. The first-order valence-corrected chi connectivity index (χ1v) is 6.45. The molecule has 2 nitrogen and oxygen atoms in total. The monoisotopic (exact) mass is 381 g/mol. The molecule has 0 fully saturated rings. The zero-order valence-corrected chi connectivity index (χ0v) is 12.0. The Morgan fingerprint density at radius 1 is 1.32 bits per heavy atom. The molecular weight excluding hydrogens is 370 g/mol. The standard InChI is InChI=1S/C13H11F3INO/c14-13(15,16)9-12(19)18-8-2-1-3-10-4-6-11(17)7-5-10/h2-7H,8-9H2,(H,18,19). The van der Waals surface area contributed by atoms with E-state index in [1.54, 1.807) is 6.08 Å². The normalized spacial score (nSPS) is 10.5. The average Bonchev–Trinajstić information content (AvgIpc) is 2.29. The Morgan fingerprint density at radius 2 is 1.95 bits per heavy atom. The lowest BCUT2D eigenvalue weighted by Gasteiger charge is -2.04. The van der Waals surface area contributed by atoms with Gasteiger partial charge in [-0.05, 0) is 52.4 Å². The fourth-order valence-electron chi connectivity index (χ4n) is 1.18. The lowest BCUT2D eigenvalue weighted by Crippen LogP contribution is -2.28. The Balaban J connectivity index is 2.38. The van der Waals surface area contributed by atoms with Crippen LogP contribution in [-0.2, 0) is 4.79 Å². The number of benzene rings is 1. The molecule has 19 heavy (non-hydrogen) atoms. The maximum Gasteiger partial charge on any atom is 0.397 e. The number of nitrogens with one attached hydrogen (secondary N) is 1. The summed E-state index contributed by atoms with van der Waals surface area (Å²) < 4.78 is 36.6. The van der Waals surface area contributed by atoms with Gasteiger partial charge in [-0.1, -0.05) is 12.1 Å². The van der Waals surface area contributed by atoms with E-state index in [0.717, 1.165) is 9.13 Å². The molecule has 0 radical (unpaired) electrons. The maximum atomic E-state index is 11.8. The first-order chi connectivity index (χ1) is 8.87. The SMILES string of the molecule is O=C(CC(F)(F)F)NCC=C=Cc1ccc(I)cc1. The highest BCUT2D eigenvalue weighted by atomic mass is 127. The summed E-state index contributed by atoms with van der Waals surface area (Å²) in [6.07, 6.45) is -2.77. The van der Waals surface area contributed by atoms with Gasteiger partial charge in [-0.15, -0.1) is 5.73 Å². The number of carbonyl (C=O) groups excluding carboxylic acids is 1. The molecule has 0 aromatic heterocycles. The third kappa shape index (κ3) is 7.69. The van der Waals surface area contributed by atoms with Gasteiger partial charge >= 0.3 is 6.18 Å². The van der Waals surface area contributed by atoms with E-state index in [4.69, 9.17) is 0 Å². The highest BCUT2D eigenvalue weighted by molar-refractivity contribution is 14.1. The predicted octanol–water partition coefficient (Wildman–Crippen LogP) is 3.53. The van der Waals surface area contributed by atoms with Crippen molar-refractivity contribution in [2.75, 3.05) is 6.54 Å². The van der Waals surface area contributed by atoms with Gasteiger partial charge in [0.05, 0.1) is 0 Å². The average molecular weight is 381 g/mol. The van der Waals surface area contributed by atoms with Crippen LogP contribution in [-0.4, -0.2) is 18.6 Å². The van der Waals surface area contributed by atoms with Crippen LogP contribution >= 0.6 is 22.6 Å². The molecule has 1 aromatic carbocycles. The van der Waals surface area contributed by atoms with E-state index in [0.29, 0.717) is 0 Å². The van der Waals surface area contributed by atoms with Crippen LogP contribution in [0.1, 0.15) is 12.0 Å². The highest BCUT2D eigenvalue weighted by Crippen LogP contribution is 2.18. The minimum Gasteiger partial charge on any atom is -0.352 e. The minimum atomic E-state index is -4.47. The van der Waals surface area contributed by atoms with Gasteiger partial charge in [0.15, 0.2) is 0 Å². The third-order valence-electron chi connectivity index (χ3n) is 2.00. The molecule has 102 valence electrons. The van der Waals surface area contributed by atoms with Gasteiger partial charge < -0.3 is 5.32 Å². The van der Waals surface area contributed by atoms with Gasteiger partial charge in [0.1, 0.15) is 6.42 Å². The van der Waals surface area contributed by atoms with Crippen molar-refractivity contribution in [3.8, 4) is 0 Å². The van der Waals surface area contributed by atoms with Crippen molar-refractivity contribution in [3.63, 3.8) is 0 Å². The number of halogens is 4. The summed E-state index contributed by atoms with van der Waals surface area (Å²) in [6.45, 7) is 0.0236. The van der Waals surface area contributed by atoms with Crippen LogP contribution in [0.25, 0.3) is 6.08 Å². The molecule has 0 heterocycles. The zero-order chi connectivity index (χ0) is 14.3. The predicted molar refractivity (Wildman–Crippen MR) is 75.4 cm³/mol. The first-order valence-electron chi connectivity index (χ1n) is 5.37. The van der Waals surface area contributed by atoms with Gasteiger partial charge in [-0.2, -0.15) is 13.2 Å². The lowest BCUT2D eigenvalue weighted by atomic mass is 10.2. The Kier molecular flexibility index (Phi) is 6.11. The van der Waals surface area contributed by atoms with E-state index in [1.165, 1.54) is 6.08 Å². The Bertz CT molecular complexity index is 488. The smallest absolute Gasteiger partial charge is 0.352 e. The largest absolute Gasteiger partial charge is 0.397 e. The highest BCUT2D eigenvalue weighted by Gasteiger charge is 2.30. The summed E-state index contributed by atoms with van der Waals surface area (Å²) in [6, 6.07) is 7.65. The summed E-state index contributed by atoms with van der Waals surface area (Å²) in [5.74, 6) is -1.04. The van der Waals surface area contributed by atoms with Crippen LogP contribution < -0.4 is 5.32 Å². The third-order valence-corrected chi connectivity index (χ3v) is 2.72. The van der Waals surface area contributed by atoms with Crippen LogP contribution in [0.4, 0.5) is 13.2 Å². The van der Waals surface area contributed by atoms with Gasteiger partial charge in [0, 0.05) is 10.1 Å². The second-order valence-corrected chi connectivity index (χ2v) is 4.91. The quantitative estimate of drug-likeness (QED) is 0.628. The van der Waals surface area contributed by atoms with Crippen molar-refractivity contribution < 1.29 is 18.0 Å². The summed E-state index contributed by atoms with van der Waals surface area (Å²) in [7, 11) is 0. The number of alkyl halides is 3. The summed E-state index contributed by atoms with van der Waals surface area (Å²) in [4.78, 5) is 10.8. The van der Waals surface area contributed by atoms with Crippen molar-refractivity contribution in [1.29, 1.82) is 0 Å². The molecule has 0 atom stereocenters. The number of hydrogen-bond acceptors (Lipinski definition) is 1. The van der Waals surface area contributed by atoms with Crippen molar-refractivity contribution in [1.82, 2.24) is 5.32 Å². The molecular formula is C13H11F3INO. The van der Waals surface area contributed by atoms with Gasteiger partial charge in [0.2, 0.25) is 5.91 Å². The van der Waals surface area contributed by atoms with E-state index in [2.05, 4.69) is 33.6 Å². The number of amides is 1. The molecule has 0 aliphatic carbocycles. The van der Waals surface area contributed by atoms with Crippen molar-refractivity contribution in [3.05, 3.63) is 45.2 Å².